The van der Waals surface area contributed by atoms with Gasteiger partial charge in [-0.3, -0.25) is 0 Å². The van der Waals surface area contributed by atoms with Gasteiger partial charge in [-0.15, -0.1) is 11.3 Å². The summed E-state index contributed by atoms with van der Waals surface area (Å²) in [5.41, 5.74) is 0.753. The molecule has 2 aromatic rings. The van der Waals surface area contributed by atoms with Crippen LogP contribution in [0, 0.1) is 0 Å². The maximum absolute atomic E-state index is 10.2. The summed E-state index contributed by atoms with van der Waals surface area (Å²) in [5, 5.41) is 10.2. The van der Waals surface area contributed by atoms with E-state index in [1.54, 1.807) is 13.2 Å². The minimum atomic E-state index is -0.686. The normalized spacial score (nSPS) is 12.4. The summed E-state index contributed by atoms with van der Waals surface area (Å²) in [5.74, 6) is 0.680. The van der Waals surface area contributed by atoms with E-state index in [0.29, 0.717) is 10.1 Å². The van der Waals surface area contributed by atoms with Gasteiger partial charge in [0.05, 0.1) is 11.4 Å². The number of thiophene rings is 1. The topological polar surface area (TPSA) is 29.5 Å². The van der Waals surface area contributed by atoms with Crippen molar-refractivity contribution in [3.8, 4) is 5.75 Å². The molecule has 0 aliphatic carbocycles. The second-order valence-electron chi connectivity index (χ2n) is 3.29. The highest BCUT2D eigenvalue weighted by Crippen LogP contribution is 2.34. The van der Waals surface area contributed by atoms with Crippen molar-refractivity contribution in [2.24, 2.45) is 0 Å². The first-order valence-electron chi connectivity index (χ1n) is 4.78. The molecule has 0 aliphatic rings. The Morgan fingerprint density at radius 1 is 1.25 bits per heavy atom. The minimum absolute atomic E-state index is 0.670. The smallest absolute Gasteiger partial charge is 0.125 e. The zero-order valence-corrected chi connectivity index (χ0v) is 10.3. The molecule has 0 radical (unpaired) electrons. The molecule has 1 heterocycles. The molecule has 0 bridgehead atoms. The maximum atomic E-state index is 10.2. The number of rotatable bonds is 3. The molecule has 0 fully saturated rings. The third kappa shape index (κ3) is 2.21. The number of aliphatic hydroxyl groups excluding tert-OH is 1. The van der Waals surface area contributed by atoms with Crippen molar-refractivity contribution < 1.29 is 9.84 Å². The fraction of sp³-hybridized carbons (Fsp3) is 0.167. The first-order valence-corrected chi connectivity index (χ1v) is 5.98. The van der Waals surface area contributed by atoms with Crippen LogP contribution in [0.2, 0.25) is 4.34 Å². The maximum Gasteiger partial charge on any atom is 0.125 e. The molecule has 0 amide bonds. The number of hydrogen-bond donors (Lipinski definition) is 1. The Labute approximate surface area is 103 Å². The zero-order chi connectivity index (χ0) is 11.5. The largest absolute Gasteiger partial charge is 0.496 e. The summed E-state index contributed by atoms with van der Waals surface area (Å²) in [6, 6.07) is 11.0. The van der Waals surface area contributed by atoms with Gasteiger partial charge in [-0.05, 0) is 18.2 Å². The Morgan fingerprint density at radius 3 is 2.62 bits per heavy atom. The fourth-order valence-electron chi connectivity index (χ4n) is 1.52. The Kier molecular flexibility index (Phi) is 3.49. The lowest BCUT2D eigenvalue weighted by atomic mass is 10.1. The van der Waals surface area contributed by atoms with Gasteiger partial charge >= 0.3 is 0 Å². The average Bonchev–Trinajstić information content (AvgIpc) is 2.75. The number of aliphatic hydroxyl groups is 1. The number of halogens is 1. The summed E-state index contributed by atoms with van der Waals surface area (Å²) in [7, 11) is 1.59. The van der Waals surface area contributed by atoms with Crippen molar-refractivity contribution in [3.63, 3.8) is 0 Å². The summed E-state index contributed by atoms with van der Waals surface area (Å²) in [4.78, 5) is 0.814. The van der Waals surface area contributed by atoms with Crippen molar-refractivity contribution in [3.05, 3.63) is 51.2 Å². The molecule has 0 saturated heterocycles. The summed E-state index contributed by atoms with van der Waals surface area (Å²) >= 11 is 7.21. The van der Waals surface area contributed by atoms with Crippen LogP contribution in [0.1, 0.15) is 16.5 Å². The molecule has 0 aliphatic heterocycles. The molecule has 2 rings (SSSR count). The van der Waals surface area contributed by atoms with E-state index in [0.717, 1.165) is 10.4 Å². The van der Waals surface area contributed by atoms with E-state index < -0.39 is 6.10 Å². The van der Waals surface area contributed by atoms with Gasteiger partial charge in [0, 0.05) is 10.4 Å². The second kappa shape index (κ2) is 4.87. The lowest BCUT2D eigenvalue weighted by molar-refractivity contribution is 0.218. The molecule has 0 spiro atoms. The van der Waals surface area contributed by atoms with Crippen molar-refractivity contribution in [1.29, 1.82) is 0 Å². The zero-order valence-electron chi connectivity index (χ0n) is 8.68. The van der Waals surface area contributed by atoms with Crippen LogP contribution in [0.3, 0.4) is 0 Å². The molecule has 1 unspecified atom stereocenters. The van der Waals surface area contributed by atoms with Gasteiger partial charge in [0.25, 0.3) is 0 Å². The number of para-hydroxylation sites is 1. The predicted octanol–water partition coefficient (Wildman–Crippen LogP) is 3.49. The van der Waals surface area contributed by atoms with E-state index in [1.807, 2.05) is 30.3 Å². The predicted molar refractivity (Wildman–Crippen MR) is 66.4 cm³/mol. The summed E-state index contributed by atoms with van der Waals surface area (Å²) < 4.78 is 5.88. The van der Waals surface area contributed by atoms with Crippen molar-refractivity contribution in [2.45, 2.75) is 6.10 Å². The molecule has 84 valence electrons. The molecule has 16 heavy (non-hydrogen) atoms. The molecular formula is C12H11ClO2S. The summed E-state index contributed by atoms with van der Waals surface area (Å²) in [6.07, 6.45) is -0.686. The first-order chi connectivity index (χ1) is 7.72. The van der Waals surface area contributed by atoms with Gasteiger partial charge < -0.3 is 9.84 Å². The lowest BCUT2D eigenvalue weighted by Gasteiger charge is -2.12. The molecule has 2 nitrogen and oxygen atoms in total. The van der Waals surface area contributed by atoms with Crippen LogP contribution in [0.25, 0.3) is 0 Å². The average molecular weight is 255 g/mol. The molecule has 4 heteroatoms. The van der Waals surface area contributed by atoms with E-state index >= 15 is 0 Å². The molecule has 1 aromatic heterocycles. The Bertz CT molecular complexity index is 481. The Hall–Kier alpha value is -1.03. The van der Waals surface area contributed by atoms with Gasteiger partial charge in [0.1, 0.15) is 11.9 Å². The van der Waals surface area contributed by atoms with Crippen LogP contribution in [0.4, 0.5) is 0 Å². The number of ether oxygens (including phenoxy) is 1. The van der Waals surface area contributed by atoms with Crippen LogP contribution >= 0.6 is 22.9 Å². The molecule has 0 saturated carbocycles. The SMILES string of the molecule is COc1ccccc1C(O)c1ccc(Cl)s1. The number of benzene rings is 1. The minimum Gasteiger partial charge on any atom is -0.496 e. The van der Waals surface area contributed by atoms with Gasteiger partial charge in [-0.1, -0.05) is 29.8 Å². The summed E-state index contributed by atoms with van der Waals surface area (Å²) in [6.45, 7) is 0. The van der Waals surface area contributed by atoms with E-state index in [1.165, 1.54) is 11.3 Å². The van der Waals surface area contributed by atoms with Crippen molar-refractivity contribution in [2.75, 3.05) is 7.11 Å². The second-order valence-corrected chi connectivity index (χ2v) is 5.03. The first kappa shape index (κ1) is 11.5. The van der Waals surface area contributed by atoms with Gasteiger partial charge in [0.15, 0.2) is 0 Å². The van der Waals surface area contributed by atoms with Crippen LogP contribution < -0.4 is 4.74 Å². The van der Waals surface area contributed by atoms with Crippen LogP contribution in [-0.4, -0.2) is 12.2 Å². The molecular weight excluding hydrogens is 244 g/mol. The van der Waals surface area contributed by atoms with Crippen LogP contribution in [-0.2, 0) is 0 Å². The molecule has 1 aromatic carbocycles. The third-order valence-electron chi connectivity index (χ3n) is 2.30. The highest BCUT2D eigenvalue weighted by molar-refractivity contribution is 7.16. The fourth-order valence-corrected chi connectivity index (χ4v) is 2.59. The van der Waals surface area contributed by atoms with Crippen molar-refractivity contribution >= 4 is 22.9 Å². The lowest BCUT2D eigenvalue weighted by Crippen LogP contribution is -2.00. The molecule has 1 N–H and O–H groups in total. The van der Waals surface area contributed by atoms with Gasteiger partial charge in [-0.25, -0.2) is 0 Å². The van der Waals surface area contributed by atoms with Crippen molar-refractivity contribution in [1.82, 2.24) is 0 Å². The molecule has 1 atom stereocenters. The highest BCUT2D eigenvalue weighted by atomic mass is 35.5. The van der Waals surface area contributed by atoms with Crippen LogP contribution in [0.15, 0.2) is 36.4 Å². The number of hydrogen-bond acceptors (Lipinski definition) is 3. The number of methoxy groups -OCH3 is 1. The third-order valence-corrected chi connectivity index (χ3v) is 3.58. The van der Waals surface area contributed by atoms with E-state index in [9.17, 15) is 5.11 Å². The van der Waals surface area contributed by atoms with Gasteiger partial charge in [-0.2, -0.15) is 0 Å². The standard InChI is InChI=1S/C12H11ClO2S/c1-15-9-5-3-2-4-8(9)12(14)10-6-7-11(13)16-10/h2-7,12,14H,1H3. The van der Waals surface area contributed by atoms with E-state index in [2.05, 4.69) is 0 Å². The Balaban J connectivity index is 2.36. The van der Waals surface area contributed by atoms with E-state index in [4.69, 9.17) is 16.3 Å². The quantitative estimate of drug-likeness (QED) is 0.909. The monoisotopic (exact) mass is 254 g/mol. The van der Waals surface area contributed by atoms with E-state index in [-0.39, 0.29) is 0 Å². The van der Waals surface area contributed by atoms with Crippen LogP contribution in [0.5, 0.6) is 5.75 Å². The highest BCUT2D eigenvalue weighted by Gasteiger charge is 2.16. The van der Waals surface area contributed by atoms with Gasteiger partial charge in [0.2, 0.25) is 0 Å². The Morgan fingerprint density at radius 2 is 2.00 bits per heavy atom.